The zero-order valence-corrected chi connectivity index (χ0v) is 9.34. The van der Waals surface area contributed by atoms with E-state index in [9.17, 15) is 13.9 Å². The Kier molecular flexibility index (Phi) is 3.12. The number of nitrogens with zero attached hydrogens (tertiary/aromatic N) is 1. The molecule has 0 radical (unpaired) electrons. The average Bonchev–Trinajstić information content (AvgIpc) is 2.29. The largest absolute Gasteiger partial charge is 0.385 e. The number of aliphatic hydroxyl groups is 1. The monoisotopic (exact) mass is 237 g/mol. The first-order valence-electron chi connectivity index (χ1n) is 5.69. The highest BCUT2D eigenvalue weighted by Crippen LogP contribution is 2.37. The number of hydrogen-bond donors (Lipinski definition) is 1. The van der Waals surface area contributed by atoms with E-state index in [2.05, 4.69) is 0 Å². The average molecular weight is 237 g/mol. The molecule has 1 saturated carbocycles. The van der Waals surface area contributed by atoms with Gasteiger partial charge in [0.2, 0.25) is 0 Å². The second kappa shape index (κ2) is 4.42. The van der Waals surface area contributed by atoms with Gasteiger partial charge in [0.05, 0.1) is 5.60 Å². The molecule has 4 heteroatoms. The van der Waals surface area contributed by atoms with Gasteiger partial charge in [-0.1, -0.05) is 19.3 Å². The number of halogens is 2. The first-order valence-corrected chi connectivity index (χ1v) is 5.69. The van der Waals surface area contributed by atoms with Gasteiger partial charge in [-0.25, -0.2) is 8.78 Å². The Balaban J connectivity index is 2.43. The van der Waals surface area contributed by atoms with Crippen LogP contribution < -0.4 is 0 Å². The van der Waals surface area contributed by atoms with Gasteiger partial charge < -0.3 is 5.11 Å². The van der Waals surface area contributed by atoms with Gasteiger partial charge in [0.25, 0.3) is 0 Å². The predicted octanol–water partition coefficient (Wildman–Crippen LogP) is 2.99. The lowest BCUT2D eigenvalue weighted by Crippen LogP contribution is -2.28. The number of rotatable bonds is 1. The van der Waals surface area contributed by atoms with Crippen LogP contribution >= 0.6 is 0 Å². The maximum Gasteiger partial charge on any atom is 0.144 e. The second-order valence-electron chi connectivity index (χ2n) is 4.52. The van der Waals surface area contributed by atoms with Crippen LogP contribution in [0.15, 0.2) is 12.1 Å². The van der Waals surface area contributed by atoms with Gasteiger partial charge >= 0.3 is 0 Å². The minimum absolute atomic E-state index is 0.242. The third-order valence-electron chi connectivity index (χ3n) is 3.37. The van der Waals surface area contributed by atoms with E-state index < -0.39 is 22.8 Å². The molecular formula is C13H13F2NO. The fourth-order valence-corrected chi connectivity index (χ4v) is 2.37. The molecule has 2 nitrogen and oxygen atoms in total. The summed E-state index contributed by atoms with van der Waals surface area (Å²) < 4.78 is 26.9. The van der Waals surface area contributed by atoms with E-state index >= 15 is 0 Å². The lowest BCUT2D eigenvalue weighted by atomic mass is 9.79. The van der Waals surface area contributed by atoms with Crippen molar-refractivity contribution in [3.63, 3.8) is 0 Å². The quantitative estimate of drug-likeness (QED) is 0.816. The zero-order valence-electron chi connectivity index (χ0n) is 9.34. The molecule has 1 aliphatic carbocycles. The SMILES string of the molecule is N#Cc1c(F)cc(C2(O)CCCCC2)cc1F. The van der Waals surface area contributed by atoms with Crippen LogP contribution in [0, 0.1) is 23.0 Å². The molecule has 0 saturated heterocycles. The highest BCUT2D eigenvalue weighted by Gasteiger charge is 2.32. The summed E-state index contributed by atoms with van der Waals surface area (Å²) in [6.07, 6.45) is 3.75. The van der Waals surface area contributed by atoms with Crippen LogP contribution in [0.5, 0.6) is 0 Å². The van der Waals surface area contributed by atoms with Crippen molar-refractivity contribution in [3.05, 3.63) is 34.9 Å². The number of nitriles is 1. The number of hydrogen-bond acceptors (Lipinski definition) is 2. The van der Waals surface area contributed by atoms with Crippen molar-refractivity contribution in [1.82, 2.24) is 0 Å². The maximum absolute atomic E-state index is 13.5. The van der Waals surface area contributed by atoms with E-state index in [4.69, 9.17) is 5.26 Å². The summed E-state index contributed by atoms with van der Waals surface area (Å²) in [6, 6.07) is 3.63. The summed E-state index contributed by atoms with van der Waals surface area (Å²) in [5.74, 6) is -1.80. The Bertz CT molecular complexity index is 450. The lowest BCUT2D eigenvalue weighted by molar-refractivity contribution is -0.00117. The Labute approximate surface area is 98.5 Å². The fourth-order valence-electron chi connectivity index (χ4n) is 2.37. The van der Waals surface area contributed by atoms with Gasteiger partial charge in [0, 0.05) is 0 Å². The van der Waals surface area contributed by atoms with Crippen LogP contribution in [-0.2, 0) is 5.60 Å². The molecule has 1 N–H and O–H groups in total. The zero-order chi connectivity index (χ0) is 12.5. The van der Waals surface area contributed by atoms with E-state index in [1.54, 1.807) is 0 Å². The summed E-state index contributed by atoms with van der Waals surface area (Å²) in [4.78, 5) is 0. The maximum atomic E-state index is 13.5. The molecule has 0 aromatic heterocycles. The van der Waals surface area contributed by atoms with Crippen molar-refractivity contribution in [2.24, 2.45) is 0 Å². The van der Waals surface area contributed by atoms with E-state index in [1.807, 2.05) is 0 Å². The summed E-state index contributed by atoms with van der Waals surface area (Å²) in [5.41, 5.74) is -1.49. The van der Waals surface area contributed by atoms with Crippen LogP contribution in [-0.4, -0.2) is 5.11 Å². The summed E-state index contributed by atoms with van der Waals surface area (Å²) >= 11 is 0. The van der Waals surface area contributed by atoms with E-state index in [-0.39, 0.29) is 5.56 Å². The van der Waals surface area contributed by atoms with Crippen molar-refractivity contribution in [1.29, 1.82) is 5.26 Å². The van der Waals surface area contributed by atoms with E-state index in [0.29, 0.717) is 12.8 Å². The standard InChI is InChI=1S/C13H13F2NO/c14-11-6-9(7-12(15)10(11)8-16)13(17)4-2-1-3-5-13/h6-7,17H,1-5H2. The third-order valence-corrected chi connectivity index (χ3v) is 3.37. The Morgan fingerprint density at radius 2 is 1.65 bits per heavy atom. The molecule has 1 fully saturated rings. The van der Waals surface area contributed by atoms with Gasteiger partial charge in [0.15, 0.2) is 0 Å². The van der Waals surface area contributed by atoms with Crippen LogP contribution in [0.3, 0.4) is 0 Å². The van der Waals surface area contributed by atoms with Crippen LogP contribution in [0.1, 0.15) is 43.2 Å². The summed E-state index contributed by atoms with van der Waals surface area (Å²) in [6.45, 7) is 0. The topological polar surface area (TPSA) is 44.0 Å². The molecule has 1 aliphatic rings. The number of benzene rings is 1. The smallest absolute Gasteiger partial charge is 0.144 e. The first-order chi connectivity index (χ1) is 8.07. The van der Waals surface area contributed by atoms with Crippen LogP contribution in [0.2, 0.25) is 0 Å². The first kappa shape index (κ1) is 12.0. The Morgan fingerprint density at radius 1 is 1.12 bits per heavy atom. The molecule has 0 unspecified atom stereocenters. The summed E-state index contributed by atoms with van der Waals surface area (Å²) in [7, 11) is 0. The van der Waals surface area contributed by atoms with Gasteiger partial charge in [-0.05, 0) is 30.5 Å². The van der Waals surface area contributed by atoms with Crippen molar-refractivity contribution in [3.8, 4) is 6.07 Å². The molecule has 2 rings (SSSR count). The molecule has 1 aromatic carbocycles. The molecule has 90 valence electrons. The van der Waals surface area contributed by atoms with Gasteiger partial charge in [-0.15, -0.1) is 0 Å². The Morgan fingerprint density at radius 3 is 2.12 bits per heavy atom. The predicted molar refractivity (Wildman–Crippen MR) is 58.1 cm³/mol. The Hall–Kier alpha value is -1.47. The third kappa shape index (κ3) is 2.16. The van der Waals surface area contributed by atoms with Crippen LogP contribution in [0.4, 0.5) is 8.78 Å². The second-order valence-corrected chi connectivity index (χ2v) is 4.52. The molecule has 0 atom stereocenters. The van der Waals surface area contributed by atoms with Gasteiger partial charge in [0.1, 0.15) is 23.3 Å². The summed E-state index contributed by atoms with van der Waals surface area (Å²) in [5, 5.41) is 18.9. The highest BCUT2D eigenvalue weighted by molar-refractivity contribution is 5.37. The molecular weight excluding hydrogens is 224 g/mol. The minimum atomic E-state index is -1.14. The molecule has 0 aliphatic heterocycles. The van der Waals surface area contributed by atoms with Gasteiger partial charge in [-0.3, -0.25) is 0 Å². The van der Waals surface area contributed by atoms with E-state index in [1.165, 1.54) is 6.07 Å². The van der Waals surface area contributed by atoms with Crippen molar-refractivity contribution in [2.75, 3.05) is 0 Å². The minimum Gasteiger partial charge on any atom is -0.385 e. The van der Waals surface area contributed by atoms with Crippen molar-refractivity contribution in [2.45, 2.75) is 37.7 Å². The van der Waals surface area contributed by atoms with Crippen LogP contribution in [0.25, 0.3) is 0 Å². The highest BCUT2D eigenvalue weighted by atomic mass is 19.1. The van der Waals surface area contributed by atoms with Crippen molar-refractivity contribution >= 4 is 0 Å². The molecule has 0 spiro atoms. The van der Waals surface area contributed by atoms with Crippen molar-refractivity contribution < 1.29 is 13.9 Å². The van der Waals surface area contributed by atoms with E-state index in [0.717, 1.165) is 31.4 Å². The fraction of sp³-hybridized carbons (Fsp3) is 0.462. The molecule has 0 bridgehead atoms. The lowest BCUT2D eigenvalue weighted by Gasteiger charge is -2.32. The molecule has 1 aromatic rings. The molecule has 17 heavy (non-hydrogen) atoms. The molecule has 0 heterocycles. The molecule has 0 amide bonds. The van der Waals surface area contributed by atoms with Gasteiger partial charge in [-0.2, -0.15) is 5.26 Å². The normalized spacial score (nSPS) is 18.7.